The molecule has 8 aromatic rings. The van der Waals surface area contributed by atoms with Crippen LogP contribution in [0.1, 0.15) is 72.9 Å². The molecule has 0 aliphatic carbocycles. The van der Waals surface area contributed by atoms with Crippen molar-refractivity contribution in [2.24, 2.45) is 0 Å². The number of hydrogen-bond acceptors (Lipinski definition) is 2. The molecule has 56 heavy (non-hydrogen) atoms. The van der Waals surface area contributed by atoms with Crippen molar-refractivity contribution >= 4 is 90.7 Å². The van der Waals surface area contributed by atoms with E-state index in [2.05, 4.69) is 197 Å². The van der Waals surface area contributed by atoms with Crippen LogP contribution in [0.4, 0.5) is 34.1 Å². The molecule has 2 heteroatoms. The lowest BCUT2D eigenvalue weighted by Gasteiger charge is -2.31. The fourth-order valence-electron chi connectivity index (χ4n) is 8.23. The van der Waals surface area contributed by atoms with E-state index < -0.39 is 0 Å². The van der Waals surface area contributed by atoms with Crippen LogP contribution in [0.15, 0.2) is 160 Å². The minimum absolute atomic E-state index is 0.290. The van der Waals surface area contributed by atoms with E-state index in [4.69, 9.17) is 0 Å². The highest BCUT2D eigenvalue weighted by Gasteiger charge is 2.26. The zero-order valence-corrected chi connectivity index (χ0v) is 32.9. The number of hydrogen-bond donors (Lipinski definition) is 0. The zero-order chi connectivity index (χ0) is 39.1. The Labute approximate surface area is 332 Å². The lowest BCUT2D eigenvalue weighted by atomic mass is 9.84. The van der Waals surface area contributed by atoms with E-state index in [1.807, 2.05) is 24.3 Å². The van der Waals surface area contributed by atoms with Crippen LogP contribution in [0.2, 0.25) is 0 Å². The summed E-state index contributed by atoms with van der Waals surface area (Å²) < 4.78 is 0. The molecule has 0 aromatic heterocycles. The van der Waals surface area contributed by atoms with E-state index in [1.54, 1.807) is 0 Å². The van der Waals surface area contributed by atoms with E-state index in [0.717, 1.165) is 56.4 Å². The predicted octanol–water partition coefficient (Wildman–Crippen LogP) is 16.3. The molecule has 0 saturated carbocycles. The van der Waals surface area contributed by atoms with Crippen molar-refractivity contribution in [3.63, 3.8) is 0 Å². The summed E-state index contributed by atoms with van der Waals surface area (Å²) in [7, 11) is 0. The van der Waals surface area contributed by atoms with Crippen molar-refractivity contribution in [1.82, 2.24) is 0 Å². The van der Waals surface area contributed by atoms with Crippen LogP contribution in [0.3, 0.4) is 0 Å². The van der Waals surface area contributed by atoms with Gasteiger partial charge in [-0.2, -0.15) is 0 Å². The van der Waals surface area contributed by atoms with Gasteiger partial charge in [-0.1, -0.05) is 151 Å². The molecule has 0 fully saturated rings. The van der Waals surface area contributed by atoms with E-state index in [1.165, 1.54) is 43.4 Å². The molecule has 0 heterocycles. The average Bonchev–Trinajstić information content (AvgIpc) is 3.24. The summed E-state index contributed by atoms with van der Waals surface area (Å²) in [6.45, 7) is 25.3. The van der Waals surface area contributed by atoms with Gasteiger partial charge in [0.05, 0.1) is 11.4 Å². The van der Waals surface area contributed by atoms with Gasteiger partial charge < -0.3 is 9.80 Å². The second-order valence-corrected chi connectivity index (χ2v) is 15.2. The van der Waals surface area contributed by atoms with Gasteiger partial charge in [-0.25, -0.2) is 0 Å². The van der Waals surface area contributed by atoms with Crippen molar-refractivity contribution in [3.8, 4) is 0 Å². The smallest absolute Gasteiger partial charge is 0.0543 e. The second-order valence-electron chi connectivity index (χ2n) is 15.2. The summed E-state index contributed by atoms with van der Waals surface area (Å²) in [5.74, 6) is 0.581. The molecule has 0 bridgehead atoms. The maximum Gasteiger partial charge on any atom is 0.0543 e. The van der Waals surface area contributed by atoms with Crippen LogP contribution in [-0.2, 0) is 0 Å². The summed E-state index contributed by atoms with van der Waals surface area (Å²) in [5.41, 5.74) is 13.7. The Bertz CT molecular complexity index is 2430. The number of rotatable bonds is 12. The van der Waals surface area contributed by atoms with Gasteiger partial charge in [0.1, 0.15) is 0 Å². The highest BCUT2D eigenvalue weighted by molar-refractivity contribution is 6.29. The highest BCUT2D eigenvalue weighted by Crippen LogP contribution is 2.51. The molecule has 0 N–H and O–H groups in total. The van der Waals surface area contributed by atoms with Crippen molar-refractivity contribution in [3.05, 3.63) is 193 Å². The lowest BCUT2D eigenvalue weighted by molar-refractivity contribution is 0.875. The molecular weight excluding hydrogens is 677 g/mol. The normalized spacial score (nSPS) is 11.5. The van der Waals surface area contributed by atoms with Gasteiger partial charge in [0.2, 0.25) is 0 Å². The van der Waals surface area contributed by atoms with Gasteiger partial charge in [-0.15, -0.1) is 0 Å². The van der Waals surface area contributed by atoms with Crippen LogP contribution >= 0.6 is 0 Å². The molecule has 2 nitrogen and oxygen atoms in total. The molecule has 274 valence electrons. The van der Waals surface area contributed by atoms with Gasteiger partial charge >= 0.3 is 0 Å². The minimum Gasteiger partial charge on any atom is -0.310 e. The summed E-state index contributed by atoms with van der Waals surface area (Å²) in [6, 6.07) is 49.1. The quantitative estimate of drug-likeness (QED) is 0.116. The van der Waals surface area contributed by atoms with Gasteiger partial charge in [0.25, 0.3) is 0 Å². The number of anilines is 6. The first kappa shape index (κ1) is 36.3. The maximum atomic E-state index is 4.02. The standard InChI is InChI=1S/C54H48N2/c1-9-37-13-21-41(22-14-37)55(42-23-15-38(10-2)16-24-42)51-33-49(35(5)6)45-30-32-48-52(34-50(36(7)8)46-29-31-47(51)53(45)54(46)48)56(43-25-17-39(11-3)18-26-43)44-27-19-40(12-4)20-28-44/h9-36H,1-4H2,5-8H3. The summed E-state index contributed by atoms with van der Waals surface area (Å²) in [6.07, 6.45) is 7.59. The van der Waals surface area contributed by atoms with Crippen molar-refractivity contribution in [2.45, 2.75) is 39.5 Å². The first-order chi connectivity index (χ1) is 27.2. The molecular formula is C54H48N2. The summed E-state index contributed by atoms with van der Waals surface area (Å²) in [5, 5.41) is 7.61. The van der Waals surface area contributed by atoms with E-state index in [9.17, 15) is 0 Å². The molecule has 8 rings (SSSR count). The van der Waals surface area contributed by atoms with Crippen LogP contribution in [-0.4, -0.2) is 0 Å². The molecule has 0 spiro atoms. The Morgan fingerprint density at radius 1 is 0.357 bits per heavy atom. The molecule has 0 aliphatic heterocycles. The predicted molar refractivity (Wildman–Crippen MR) is 248 cm³/mol. The molecule has 0 saturated heterocycles. The molecule has 0 radical (unpaired) electrons. The number of benzene rings is 8. The summed E-state index contributed by atoms with van der Waals surface area (Å²) >= 11 is 0. The Morgan fingerprint density at radius 2 is 0.607 bits per heavy atom. The minimum atomic E-state index is 0.290. The Kier molecular flexibility index (Phi) is 9.66. The third-order valence-electron chi connectivity index (χ3n) is 11.2. The molecule has 0 unspecified atom stereocenters. The monoisotopic (exact) mass is 724 g/mol. The second kappa shape index (κ2) is 14.9. The first-order valence-corrected chi connectivity index (χ1v) is 19.5. The Morgan fingerprint density at radius 3 is 0.839 bits per heavy atom. The summed E-state index contributed by atoms with van der Waals surface area (Å²) in [4.78, 5) is 4.83. The number of nitrogens with zero attached hydrogens (tertiary/aromatic N) is 2. The third-order valence-corrected chi connectivity index (χ3v) is 11.2. The SMILES string of the molecule is C=Cc1ccc(N(c2ccc(C=C)cc2)c2cc(C(C)C)c3ccc4c(N(c5ccc(C=C)cc5)c5ccc(C=C)cc5)cc(C(C)C)c5ccc2c3c54)cc1. The zero-order valence-electron chi connectivity index (χ0n) is 32.9. The molecule has 8 aromatic carbocycles. The third kappa shape index (κ3) is 6.28. The fourth-order valence-corrected chi connectivity index (χ4v) is 8.23. The van der Waals surface area contributed by atoms with Crippen molar-refractivity contribution < 1.29 is 0 Å². The van der Waals surface area contributed by atoms with Crippen LogP contribution in [0.25, 0.3) is 56.6 Å². The lowest BCUT2D eigenvalue weighted by Crippen LogP contribution is -2.13. The van der Waals surface area contributed by atoms with Crippen LogP contribution < -0.4 is 9.80 Å². The van der Waals surface area contributed by atoms with Crippen molar-refractivity contribution in [2.75, 3.05) is 9.80 Å². The topological polar surface area (TPSA) is 6.48 Å². The Hall–Kier alpha value is -6.64. The molecule has 0 aliphatic rings. The Balaban J connectivity index is 1.49. The highest BCUT2D eigenvalue weighted by atomic mass is 15.1. The van der Waals surface area contributed by atoms with Gasteiger partial charge in [0, 0.05) is 33.5 Å². The van der Waals surface area contributed by atoms with Crippen LogP contribution in [0.5, 0.6) is 0 Å². The van der Waals surface area contributed by atoms with Gasteiger partial charge in [-0.05, 0) is 127 Å². The van der Waals surface area contributed by atoms with Gasteiger partial charge in [-0.3, -0.25) is 0 Å². The van der Waals surface area contributed by atoms with Gasteiger partial charge in [0.15, 0.2) is 0 Å². The molecule has 0 atom stereocenters. The largest absolute Gasteiger partial charge is 0.310 e. The average molecular weight is 725 g/mol. The van der Waals surface area contributed by atoms with E-state index in [0.29, 0.717) is 11.8 Å². The first-order valence-electron chi connectivity index (χ1n) is 19.5. The maximum absolute atomic E-state index is 4.02. The van der Waals surface area contributed by atoms with E-state index in [-0.39, 0.29) is 0 Å². The van der Waals surface area contributed by atoms with Crippen LogP contribution in [0, 0.1) is 0 Å². The van der Waals surface area contributed by atoms with E-state index >= 15 is 0 Å². The molecule has 0 amide bonds. The van der Waals surface area contributed by atoms with Crippen molar-refractivity contribution in [1.29, 1.82) is 0 Å². The fraction of sp³-hybridized carbons (Fsp3) is 0.111.